The fraction of sp³-hybridized carbons (Fsp3) is 0.300. The minimum Gasteiger partial charge on any atom is -0.480 e. The average Bonchev–Trinajstić information content (AvgIpc) is 2.61. The first-order valence-corrected chi connectivity index (χ1v) is 4.67. The van der Waals surface area contributed by atoms with Gasteiger partial charge in [0, 0.05) is 0 Å². The van der Waals surface area contributed by atoms with Gasteiger partial charge in [0.2, 0.25) is 0 Å². The second-order valence-corrected chi connectivity index (χ2v) is 3.48. The second-order valence-electron chi connectivity index (χ2n) is 3.48. The molecule has 15 heavy (non-hydrogen) atoms. The topological polar surface area (TPSA) is 81.6 Å². The minimum atomic E-state index is -1.06. The Balaban J connectivity index is 2.17. The Hall–Kier alpha value is -1.43. The molecule has 1 heterocycles. The Morgan fingerprint density at radius 2 is 1.87 bits per heavy atom. The Labute approximate surface area is 86.7 Å². The van der Waals surface area contributed by atoms with E-state index >= 15 is 0 Å². The van der Waals surface area contributed by atoms with Crippen molar-refractivity contribution in [3.05, 3.63) is 35.9 Å². The third-order valence-corrected chi connectivity index (χ3v) is 2.50. The lowest BCUT2D eigenvalue weighted by molar-refractivity contribution is -0.141. The number of carbonyl (C=O) groups is 1. The number of aliphatic hydroxyl groups is 1. The van der Waals surface area contributed by atoms with Gasteiger partial charge in [0.25, 0.3) is 0 Å². The molecule has 2 rings (SSSR count). The quantitative estimate of drug-likeness (QED) is 0.534. The predicted molar refractivity (Wildman–Crippen MR) is 52.9 cm³/mol. The van der Waals surface area contributed by atoms with Crippen molar-refractivity contribution < 1.29 is 15.0 Å². The highest BCUT2D eigenvalue weighted by molar-refractivity contribution is 5.74. The summed E-state index contributed by atoms with van der Waals surface area (Å²) in [7, 11) is 0. The molecule has 1 aromatic carbocycles. The summed E-state index contributed by atoms with van der Waals surface area (Å²) in [4.78, 5) is 10.7. The van der Waals surface area contributed by atoms with Crippen molar-refractivity contribution in [3.8, 4) is 0 Å². The van der Waals surface area contributed by atoms with Crippen LogP contribution < -0.4 is 10.9 Å². The van der Waals surface area contributed by atoms with E-state index in [-0.39, 0.29) is 6.04 Å². The molecule has 3 unspecified atom stereocenters. The van der Waals surface area contributed by atoms with Crippen LogP contribution in [0.1, 0.15) is 11.6 Å². The Morgan fingerprint density at radius 1 is 1.20 bits per heavy atom. The summed E-state index contributed by atoms with van der Waals surface area (Å²) in [6.45, 7) is 0. The molecule has 0 saturated carbocycles. The van der Waals surface area contributed by atoms with E-state index in [1.807, 2.05) is 30.3 Å². The highest BCUT2D eigenvalue weighted by Gasteiger charge is 2.39. The SMILES string of the molecule is O=C(O)C1NNC(c2ccccc2)C1O. The molecular weight excluding hydrogens is 196 g/mol. The zero-order valence-electron chi connectivity index (χ0n) is 7.92. The first-order valence-electron chi connectivity index (χ1n) is 4.67. The first-order chi connectivity index (χ1) is 7.20. The third-order valence-electron chi connectivity index (χ3n) is 2.50. The molecule has 3 atom stereocenters. The van der Waals surface area contributed by atoms with Gasteiger partial charge in [0.1, 0.15) is 12.1 Å². The smallest absolute Gasteiger partial charge is 0.324 e. The van der Waals surface area contributed by atoms with Crippen molar-refractivity contribution in [2.45, 2.75) is 18.2 Å². The molecule has 0 spiro atoms. The molecule has 0 aromatic heterocycles. The summed E-state index contributed by atoms with van der Waals surface area (Å²) < 4.78 is 0. The summed E-state index contributed by atoms with van der Waals surface area (Å²) >= 11 is 0. The number of aliphatic hydroxyl groups excluding tert-OH is 1. The molecule has 0 radical (unpaired) electrons. The Bertz CT molecular complexity index is 355. The molecule has 4 N–H and O–H groups in total. The maximum absolute atomic E-state index is 10.7. The largest absolute Gasteiger partial charge is 0.480 e. The van der Waals surface area contributed by atoms with Crippen molar-refractivity contribution in [2.75, 3.05) is 0 Å². The summed E-state index contributed by atoms with van der Waals surface area (Å²) in [5.41, 5.74) is 6.19. The predicted octanol–water partition coefficient (Wildman–Crippen LogP) is -0.350. The summed E-state index contributed by atoms with van der Waals surface area (Å²) in [6, 6.07) is 7.89. The van der Waals surface area contributed by atoms with Gasteiger partial charge in [-0.1, -0.05) is 30.3 Å². The molecule has 0 bridgehead atoms. The van der Waals surface area contributed by atoms with Gasteiger partial charge in [0.15, 0.2) is 0 Å². The van der Waals surface area contributed by atoms with Crippen LogP contribution in [0.4, 0.5) is 0 Å². The number of hydrogen-bond donors (Lipinski definition) is 4. The first kappa shape index (κ1) is 10.1. The number of benzene rings is 1. The number of nitrogens with one attached hydrogen (secondary N) is 2. The number of hydrogen-bond acceptors (Lipinski definition) is 4. The van der Waals surface area contributed by atoms with E-state index < -0.39 is 18.1 Å². The van der Waals surface area contributed by atoms with Gasteiger partial charge in [-0.2, -0.15) is 0 Å². The third kappa shape index (κ3) is 1.85. The molecular formula is C10H12N2O3. The van der Waals surface area contributed by atoms with Crippen LogP contribution in [0, 0.1) is 0 Å². The van der Waals surface area contributed by atoms with Gasteiger partial charge in [-0.25, -0.2) is 10.9 Å². The van der Waals surface area contributed by atoms with E-state index in [9.17, 15) is 9.90 Å². The lowest BCUT2D eigenvalue weighted by atomic mass is 9.99. The second kappa shape index (κ2) is 3.98. The molecule has 80 valence electrons. The number of hydrazine groups is 1. The van der Waals surface area contributed by atoms with Crippen LogP contribution in [-0.2, 0) is 4.79 Å². The van der Waals surface area contributed by atoms with Crippen molar-refractivity contribution in [1.29, 1.82) is 0 Å². The zero-order valence-corrected chi connectivity index (χ0v) is 7.92. The molecule has 1 aliphatic heterocycles. The highest BCUT2D eigenvalue weighted by atomic mass is 16.4. The van der Waals surface area contributed by atoms with E-state index in [4.69, 9.17) is 5.11 Å². The summed E-state index contributed by atoms with van der Waals surface area (Å²) in [6.07, 6.45) is -0.968. The van der Waals surface area contributed by atoms with E-state index in [1.54, 1.807) is 0 Å². The summed E-state index contributed by atoms with van der Waals surface area (Å²) in [5.74, 6) is -1.06. The van der Waals surface area contributed by atoms with Crippen molar-refractivity contribution >= 4 is 5.97 Å². The molecule has 5 nitrogen and oxygen atoms in total. The molecule has 0 aliphatic carbocycles. The normalized spacial score (nSPS) is 30.3. The van der Waals surface area contributed by atoms with Crippen LogP contribution in [0.25, 0.3) is 0 Å². The van der Waals surface area contributed by atoms with Gasteiger partial charge in [-0.3, -0.25) is 4.79 Å². The van der Waals surface area contributed by atoms with Crippen LogP contribution in [0.3, 0.4) is 0 Å². The van der Waals surface area contributed by atoms with Crippen LogP contribution in [0.2, 0.25) is 0 Å². The Kier molecular flexibility index (Phi) is 2.68. The van der Waals surface area contributed by atoms with E-state index in [0.717, 1.165) is 5.56 Å². The zero-order chi connectivity index (χ0) is 10.8. The van der Waals surface area contributed by atoms with Crippen molar-refractivity contribution in [1.82, 2.24) is 10.9 Å². The number of rotatable bonds is 2. The maximum atomic E-state index is 10.7. The molecule has 1 fully saturated rings. The fourth-order valence-corrected chi connectivity index (χ4v) is 1.69. The number of carboxylic acid groups (broad SMARTS) is 1. The molecule has 1 saturated heterocycles. The molecule has 1 aliphatic rings. The van der Waals surface area contributed by atoms with Gasteiger partial charge in [0.05, 0.1) is 6.04 Å². The lowest BCUT2D eigenvalue weighted by Crippen LogP contribution is -2.40. The van der Waals surface area contributed by atoms with Gasteiger partial charge >= 0.3 is 5.97 Å². The lowest BCUT2D eigenvalue weighted by Gasteiger charge is -2.15. The summed E-state index contributed by atoms with van der Waals surface area (Å²) in [5, 5.41) is 18.6. The number of aliphatic carboxylic acids is 1. The number of carboxylic acids is 1. The van der Waals surface area contributed by atoms with Crippen molar-refractivity contribution in [2.24, 2.45) is 0 Å². The van der Waals surface area contributed by atoms with Crippen LogP contribution in [-0.4, -0.2) is 28.3 Å². The average molecular weight is 208 g/mol. The Morgan fingerprint density at radius 3 is 2.40 bits per heavy atom. The standard InChI is InChI=1S/C10H12N2O3/c13-9-7(6-4-2-1-3-5-6)11-12-8(9)10(14)15/h1-5,7-9,11-13H,(H,14,15). The van der Waals surface area contributed by atoms with Crippen LogP contribution >= 0.6 is 0 Å². The fourth-order valence-electron chi connectivity index (χ4n) is 1.69. The highest BCUT2D eigenvalue weighted by Crippen LogP contribution is 2.22. The van der Waals surface area contributed by atoms with E-state index in [2.05, 4.69) is 10.9 Å². The van der Waals surface area contributed by atoms with Crippen molar-refractivity contribution in [3.63, 3.8) is 0 Å². The maximum Gasteiger partial charge on any atom is 0.324 e. The molecule has 1 aromatic rings. The minimum absolute atomic E-state index is 0.382. The van der Waals surface area contributed by atoms with Gasteiger partial charge in [-0.05, 0) is 5.56 Å². The molecule has 5 heteroatoms. The monoisotopic (exact) mass is 208 g/mol. The molecule has 0 amide bonds. The van der Waals surface area contributed by atoms with E-state index in [1.165, 1.54) is 0 Å². The van der Waals surface area contributed by atoms with Crippen LogP contribution in [0.5, 0.6) is 0 Å². The van der Waals surface area contributed by atoms with E-state index in [0.29, 0.717) is 0 Å². The van der Waals surface area contributed by atoms with Gasteiger partial charge < -0.3 is 10.2 Å². The van der Waals surface area contributed by atoms with Crippen LogP contribution in [0.15, 0.2) is 30.3 Å². The van der Waals surface area contributed by atoms with Gasteiger partial charge in [-0.15, -0.1) is 0 Å².